The second-order valence-corrected chi connectivity index (χ2v) is 7.40. The van der Waals surface area contributed by atoms with Crippen molar-refractivity contribution in [3.8, 4) is 0 Å². The topological polar surface area (TPSA) is 63.1 Å². The van der Waals surface area contributed by atoms with Crippen LogP contribution in [0.4, 0.5) is 0 Å². The van der Waals surface area contributed by atoms with E-state index in [1.807, 2.05) is 35.3 Å². The maximum Gasteiger partial charge on any atom is 0.252 e. The Balaban J connectivity index is 1.44. The molecule has 1 N–H and O–H groups in total. The van der Waals surface area contributed by atoms with Crippen LogP contribution in [0, 0.1) is 5.92 Å². The molecule has 0 aromatic carbocycles. The first-order valence-corrected chi connectivity index (χ1v) is 9.64. The zero-order chi connectivity index (χ0) is 17.8. The third-order valence-corrected chi connectivity index (χ3v) is 5.28. The van der Waals surface area contributed by atoms with Gasteiger partial charge in [0.25, 0.3) is 5.91 Å². The van der Waals surface area contributed by atoms with Crippen LogP contribution in [-0.4, -0.2) is 38.7 Å². The number of nitrogens with zero attached hydrogens (tertiary/aromatic N) is 4. The minimum Gasteiger partial charge on any atom is -0.352 e. The van der Waals surface area contributed by atoms with Crippen molar-refractivity contribution < 1.29 is 4.79 Å². The Morgan fingerprint density at radius 3 is 3.04 bits per heavy atom. The highest BCUT2D eigenvalue weighted by molar-refractivity contribution is 7.08. The number of rotatable bonds is 5. The van der Waals surface area contributed by atoms with Crippen LogP contribution in [0.3, 0.4) is 0 Å². The lowest BCUT2D eigenvalue weighted by molar-refractivity contribution is 0.0940. The summed E-state index contributed by atoms with van der Waals surface area (Å²) in [6, 6.07) is 7.99. The molecule has 0 unspecified atom stereocenters. The van der Waals surface area contributed by atoms with Gasteiger partial charge >= 0.3 is 0 Å². The molecule has 134 valence electrons. The first kappa shape index (κ1) is 16.9. The minimum absolute atomic E-state index is 0.00463. The summed E-state index contributed by atoms with van der Waals surface area (Å²) in [5.41, 5.74) is 3.14. The SMILES string of the molecule is O=C(NC[C@@H]1CN(Cc2cccnc2)Cc2ccnn2C1)c1ccsc1. The van der Waals surface area contributed by atoms with Gasteiger partial charge in [-0.05, 0) is 29.1 Å². The molecule has 3 aromatic heterocycles. The third-order valence-electron chi connectivity index (χ3n) is 4.60. The maximum atomic E-state index is 12.3. The van der Waals surface area contributed by atoms with Crippen LogP contribution in [0.15, 0.2) is 53.6 Å². The van der Waals surface area contributed by atoms with Crippen molar-refractivity contribution in [2.45, 2.75) is 19.6 Å². The fourth-order valence-corrected chi connectivity index (χ4v) is 3.99. The fraction of sp³-hybridized carbons (Fsp3) is 0.316. The van der Waals surface area contributed by atoms with Gasteiger partial charge in [0.05, 0.1) is 5.69 Å². The number of fused-ring (bicyclic) bond motifs is 1. The molecule has 0 fully saturated rings. The molecule has 1 amide bonds. The summed E-state index contributed by atoms with van der Waals surface area (Å²) >= 11 is 1.54. The molecule has 1 aliphatic heterocycles. The van der Waals surface area contributed by atoms with Crippen molar-refractivity contribution in [1.82, 2.24) is 25.0 Å². The normalized spacial score (nSPS) is 17.5. The number of carbonyl (C=O) groups excluding carboxylic acids is 1. The largest absolute Gasteiger partial charge is 0.352 e. The Labute approximate surface area is 156 Å². The Morgan fingerprint density at radius 2 is 2.23 bits per heavy atom. The summed E-state index contributed by atoms with van der Waals surface area (Å²) in [6.45, 7) is 4.05. The zero-order valence-corrected chi connectivity index (χ0v) is 15.2. The number of thiophene rings is 1. The highest BCUT2D eigenvalue weighted by Gasteiger charge is 2.23. The molecule has 4 heterocycles. The van der Waals surface area contributed by atoms with E-state index in [9.17, 15) is 4.79 Å². The standard InChI is InChI=1S/C19H21N5OS/c25-19(17-4-7-26-14-17)21-9-16-11-23(10-15-2-1-5-20-8-15)13-18-3-6-22-24(18)12-16/h1-8,14,16H,9-13H2,(H,21,25)/t16-/m1/s1. The van der Waals surface area contributed by atoms with Crippen molar-refractivity contribution in [3.05, 3.63) is 70.4 Å². The molecule has 26 heavy (non-hydrogen) atoms. The Bertz CT molecular complexity index is 846. The molecule has 6 nitrogen and oxygen atoms in total. The molecule has 1 aliphatic rings. The van der Waals surface area contributed by atoms with E-state index in [1.54, 1.807) is 6.20 Å². The van der Waals surface area contributed by atoms with Gasteiger partial charge in [0, 0.05) is 68.2 Å². The number of carbonyl (C=O) groups is 1. The number of amides is 1. The predicted octanol–water partition coefficient (Wildman–Crippen LogP) is 2.40. The average Bonchev–Trinajstić information content (AvgIpc) is 3.30. The van der Waals surface area contributed by atoms with Crippen LogP contribution in [0.25, 0.3) is 0 Å². The van der Waals surface area contributed by atoms with Gasteiger partial charge in [-0.2, -0.15) is 16.4 Å². The second kappa shape index (κ2) is 7.80. The van der Waals surface area contributed by atoms with Crippen LogP contribution < -0.4 is 5.32 Å². The van der Waals surface area contributed by atoms with Crippen LogP contribution in [0.5, 0.6) is 0 Å². The van der Waals surface area contributed by atoms with Crippen molar-refractivity contribution in [3.63, 3.8) is 0 Å². The molecule has 0 bridgehead atoms. The molecule has 0 aliphatic carbocycles. The lowest BCUT2D eigenvalue weighted by Gasteiger charge is -2.24. The summed E-state index contributed by atoms with van der Waals surface area (Å²) in [5, 5.41) is 11.3. The van der Waals surface area contributed by atoms with E-state index in [0.29, 0.717) is 12.5 Å². The number of pyridine rings is 1. The summed E-state index contributed by atoms with van der Waals surface area (Å²) in [4.78, 5) is 18.9. The van der Waals surface area contributed by atoms with Gasteiger partial charge < -0.3 is 5.32 Å². The number of nitrogens with one attached hydrogen (secondary N) is 1. The number of hydrogen-bond donors (Lipinski definition) is 1. The third kappa shape index (κ3) is 4.00. The van der Waals surface area contributed by atoms with Crippen LogP contribution in [0.2, 0.25) is 0 Å². The van der Waals surface area contributed by atoms with Gasteiger partial charge in [0.1, 0.15) is 0 Å². The smallest absolute Gasteiger partial charge is 0.252 e. The van der Waals surface area contributed by atoms with Gasteiger partial charge in [-0.1, -0.05) is 6.07 Å². The summed E-state index contributed by atoms with van der Waals surface area (Å²) in [6.07, 6.45) is 5.56. The van der Waals surface area contributed by atoms with E-state index in [0.717, 1.165) is 31.7 Å². The Morgan fingerprint density at radius 1 is 1.27 bits per heavy atom. The summed E-state index contributed by atoms with van der Waals surface area (Å²) in [5.74, 6) is 0.297. The fourth-order valence-electron chi connectivity index (χ4n) is 3.35. The highest BCUT2D eigenvalue weighted by Crippen LogP contribution is 2.18. The molecule has 0 spiro atoms. The zero-order valence-electron chi connectivity index (χ0n) is 14.4. The molecule has 3 aromatic rings. The van der Waals surface area contributed by atoms with Crippen LogP contribution in [0.1, 0.15) is 21.6 Å². The van der Waals surface area contributed by atoms with Crippen molar-refractivity contribution >= 4 is 17.2 Å². The van der Waals surface area contributed by atoms with Crippen molar-refractivity contribution in [1.29, 1.82) is 0 Å². The monoisotopic (exact) mass is 367 g/mol. The maximum absolute atomic E-state index is 12.3. The lowest BCUT2D eigenvalue weighted by atomic mass is 10.1. The summed E-state index contributed by atoms with van der Waals surface area (Å²) in [7, 11) is 0. The lowest BCUT2D eigenvalue weighted by Crippen LogP contribution is -2.36. The molecule has 0 saturated carbocycles. The van der Waals surface area contributed by atoms with Crippen molar-refractivity contribution in [2.24, 2.45) is 5.92 Å². The van der Waals surface area contributed by atoms with Crippen LogP contribution >= 0.6 is 11.3 Å². The van der Waals surface area contributed by atoms with Gasteiger partial charge in [0.2, 0.25) is 0 Å². The molecule has 1 atom stereocenters. The van der Waals surface area contributed by atoms with E-state index in [1.165, 1.54) is 22.6 Å². The van der Waals surface area contributed by atoms with Gasteiger partial charge in [-0.25, -0.2) is 0 Å². The number of hydrogen-bond acceptors (Lipinski definition) is 5. The molecular formula is C19H21N5OS. The number of aromatic nitrogens is 3. The average molecular weight is 367 g/mol. The van der Waals surface area contributed by atoms with Crippen molar-refractivity contribution in [2.75, 3.05) is 13.1 Å². The molecule has 7 heteroatoms. The van der Waals surface area contributed by atoms with E-state index in [2.05, 4.69) is 37.1 Å². The molecule has 0 saturated heterocycles. The van der Waals surface area contributed by atoms with E-state index in [-0.39, 0.29) is 5.91 Å². The van der Waals surface area contributed by atoms with Gasteiger partial charge in [0.15, 0.2) is 0 Å². The van der Waals surface area contributed by atoms with Gasteiger partial charge in [-0.15, -0.1) is 0 Å². The predicted molar refractivity (Wildman–Crippen MR) is 101 cm³/mol. The summed E-state index contributed by atoms with van der Waals surface area (Å²) < 4.78 is 2.06. The highest BCUT2D eigenvalue weighted by atomic mass is 32.1. The van der Waals surface area contributed by atoms with Gasteiger partial charge in [-0.3, -0.25) is 19.4 Å². The quantitative estimate of drug-likeness (QED) is 0.752. The molecule has 4 rings (SSSR count). The first-order chi connectivity index (χ1) is 12.8. The first-order valence-electron chi connectivity index (χ1n) is 8.70. The van der Waals surface area contributed by atoms with E-state index < -0.39 is 0 Å². The second-order valence-electron chi connectivity index (χ2n) is 6.62. The molecule has 0 radical (unpaired) electrons. The van der Waals surface area contributed by atoms with E-state index >= 15 is 0 Å². The Hall–Kier alpha value is -2.51. The van der Waals surface area contributed by atoms with Crippen LogP contribution in [-0.2, 0) is 19.6 Å². The van der Waals surface area contributed by atoms with E-state index in [4.69, 9.17) is 0 Å². The molecular weight excluding hydrogens is 346 g/mol. The Kier molecular flexibility index (Phi) is 5.08. The minimum atomic E-state index is -0.00463.